The van der Waals surface area contributed by atoms with Gasteiger partial charge >= 0.3 is 0 Å². The molecule has 0 saturated heterocycles. The molecule has 1 saturated carbocycles. The quantitative estimate of drug-likeness (QED) is 0.639. The molecule has 2 rings (SSSR count). The second kappa shape index (κ2) is 5.83. The Morgan fingerprint density at radius 3 is 2.65 bits per heavy atom. The number of nitrogens with one attached hydrogen (secondary N) is 1. The third kappa shape index (κ3) is 2.92. The minimum Gasteiger partial charge on any atom is -0.271 e. The van der Waals surface area contributed by atoms with Gasteiger partial charge in [0.05, 0.1) is 3.79 Å². The van der Waals surface area contributed by atoms with Crippen LogP contribution in [0.25, 0.3) is 0 Å². The molecule has 17 heavy (non-hydrogen) atoms. The van der Waals surface area contributed by atoms with Crippen molar-refractivity contribution in [1.82, 2.24) is 5.43 Å². The summed E-state index contributed by atoms with van der Waals surface area (Å²) < 4.78 is 1.21. The number of nitrogens with two attached hydrogens (primary N) is 1. The Morgan fingerprint density at radius 2 is 2.18 bits per heavy atom. The zero-order valence-corrected chi connectivity index (χ0v) is 12.7. The van der Waals surface area contributed by atoms with Gasteiger partial charge in [0.15, 0.2) is 0 Å². The first kappa shape index (κ1) is 13.5. The van der Waals surface area contributed by atoms with E-state index in [-0.39, 0.29) is 0 Å². The first-order valence-corrected chi connectivity index (χ1v) is 8.01. The minimum atomic E-state index is 0.417. The third-order valence-electron chi connectivity index (χ3n) is 4.28. The third-order valence-corrected chi connectivity index (χ3v) is 5.92. The fourth-order valence-electron chi connectivity index (χ4n) is 3.14. The molecule has 1 aromatic rings. The molecule has 0 spiro atoms. The Morgan fingerprint density at radius 1 is 1.47 bits per heavy atom. The molecule has 4 heteroatoms. The fraction of sp³-hybridized carbons (Fsp3) is 0.692. The van der Waals surface area contributed by atoms with Gasteiger partial charge in [-0.25, -0.2) is 0 Å². The zero-order valence-electron chi connectivity index (χ0n) is 10.3. The number of thiophene rings is 1. The summed E-state index contributed by atoms with van der Waals surface area (Å²) in [6.45, 7) is 2.31. The standard InChI is InChI=1S/C13H21BrN2S/c1-2-13(7-3-4-8-13)11(16-15)9-10-5-6-12(14)17-10/h5-6,11,16H,2-4,7-9,15H2,1H3. The van der Waals surface area contributed by atoms with Crippen LogP contribution in [0.5, 0.6) is 0 Å². The van der Waals surface area contributed by atoms with Gasteiger partial charge in [-0.2, -0.15) is 0 Å². The second-order valence-electron chi connectivity index (χ2n) is 5.05. The Labute approximate surface area is 116 Å². The van der Waals surface area contributed by atoms with Crippen molar-refractivity contribution in [1.29, 1.82) is 0 Å². The van der Waals surface area contributed by atoms with Gasteiger partial charge in [0.1, 0.15) is 0 Å². The van der Waals surface area contributed by atoms with Gasteiger partial charge in [0, 0.05) is 10.9 Å². The maximum absolute atomic E-state index is 5.81. The van der Waals surface area contributed by atoms with Gasteiger partial charge in [-0.3, -0.25) is 11.3 Å². The molecule has 96 valence electrons. The summed E-state index contributed by atoms with van der Waals surface area (Å²) in [5.74, 6) is 5.81. The number of halogens is 1. The molecular weight excluding hydrogens is 296 g/mol. The van der Waals surface area contributed by atoms with E-state index in [4.69, 9.17) is 5.84 Å². The number of hydrogen-bond acceptors (Lipinski definition) is 3. The fourth-order valence-corrected chi connectivity index (χ4v) is 4.67. The van der Waals surface area contributed by atoms with Gasteiger partial charge < -0.3 is 0 Å². The summed E-state index contributed by atoms with van der Waals surface area (Å²) in [6.07, 6.45) is 7.66. The SMILES string of the molecule is CCC1(C(Cc2ccc(Br)s2)NN)CCCC1. The van der Waals surface area contributed by atoms with Crippen molar-refractivity contribution < 1.29 is 0 Å². The summed E-state index contributed by atoms with van der Waals surface area (Å²) in [6, 6.07) is 4.75. The molecule has 1 aliphatic rings. The van der Waals surface area contributed by atoms with E-state index in [1.54, 1.807) is 0 Å². The van der Waals surface area contributed by atoms with Crippen LogP contribution in [0.15, 0.2) is 15.9 Å². The molecule has 0 aliphatic heterocycles. The number of hydrazine groups is 1. The molecule has 2 nitrogen and oxygen atoms in total. The normalized spacial score (nSPS) is 20.6. The van der Waals surface area contributed by atoms with E-state index in [0.717, 1.165) is 6.42 Å². The molecule has 1 fully saturated rings. The van der Waals surface area contributed by atoms with E-state index in [1.165, 1.54) is 40.8 Å². The van der Waals surface area contributed by atoms with Crippen molar-refractivity contribution in [3.8, 4) is 0 Å². The van der Waals surface area contributed by atoms with Crippen LogP contribution >= 0.6 is 27.3 Å². The van der Waals surface area contributed by atoms with Gasteiger partial charge in [-0.15, -0.1) is 11.3 Å². The first-order chi connectivity index (χ1) is 8.20. The molecule has 1 aliphatic carbocycles. The highest BCUT2D eigenvalue weighted by molar-refractivity contribution is 9.11. The maximum atomic E-state index is 5.81. The lowest BCUT2D eigenvalue weighted by Gasteiger charge is -2.36. The average molecular weight is 317 g/mol. The Bertz CT molecular complexity index is 358. The summed E-state index contributed by atoms with van der Waals surface area (Å²) in [7, 11) is 0. The van der Waals surface area contributed by atoms with Crippen molar-refractivity contribution in [2.45, 2.75) is 51.5 Å². The van der Waals surface area contributed by atoms with Crippen LogP contribution in [0.1, 0.15) is 43.9 Å². The summed E-state index contributed by atoms with van der Waals surface area (Å²) in [5.41, 5.74) is 3.51. The van der Waals surface area contributed by atoms with E-state index in [1.807, 2.05) is 11.3 Å². The topological polar surface area (TPSA) is 38.0 Å². The van der Waals surface area contributed by atoms with E-state index in [0.29, 0.717) is 11.5 Å². The molecule has 1 atom stereocenters. The van der Waals surface area contributed by atoms with Crippen LogP contribution in [0, 0.1) is 5.41 Å². The predicted octanol–water partition coefficient (Wildman–Crippen LogP) is 3.86. The van der Waals surface area contributed by atoms with Crippen molar-refractivity contribution in [2.75, 3.05) is 0 Å². The minimum absolute atomic E-state index is 0.417. The highest BCUT2D eigenvalue weighted by Crippen LogP contribution is 2.45. The monoisotopic (exact) mass is 316 g/mol. The molecule has 0 bridgehead atoms. The predicted molar refractivity (Wildman–Crippen MR) is 78.0 cm³/mol. The van der Waals surface area contributed by atoms with E-state index < -0.39 is 0 Å². The van der Waals surface area contributed by atoms with Gasteiger partial charge in [0.2, 0.25) is 0 Å². The number of hydrogen-bond donors (Lipinski definition) is 2. The smallest absolute Gasteiger partial charge is 0.0701 e. The highest BCUT2D eigenvalue weighted by Gasteiger charge is 2.39. The molecule has 3 N–H and O–H groups in total. The van der Waals surface area contributed by atoms with Crippen LogP contribution < -0.4 is 11.3 Å². The molecule has 0 amide bonds. The lowest BCUT2D eigenvalue weighted by molar-refractivity contribution is 0.186. The average Bonchev–Trinajstić information content (AvgIpc) is 2.95. The summed E-state index contributed by atoms with van der Waals surface area (Å²) >= 11 is 5.35. The van der Waals surface area contributed by atoms with E-state index in [2.05, 4.69) is 40.4 Å². The van der Waals surface area contributed by atoms with Crippen LogP contribution in [-0.4, -0.2) is 6.04 Å². The largest absolute Gasteiger partial charge is 0.271 e. The van der Waals surface area contributed by atoms with Crippen LogP contribution in [0.4, 0.5) is 0 Å². The van der Waals surface area contributed by atoms with Crippen molar-refractivity contribution in [3.63, 3.8) is 0 Å². The Kier molecular flexibility index (Phi) is 4.64. The van der Waals surface area contributed by atoms with E-state index >= 15 is 0 Å². The summed E-state index contributed by atoms with van der Waals surface area (Å²) in [4.78, 5) is 1.42. The van der Waals surface area contributed by atoms with Crippen LogP contribution in [-0.2, 0) is 6.42 Å². The molecular formula is C13H21BrN2S. The van der Waals surface area contributed by atoms with Gasteiger partial charge in [0.25, 0.3) is 0 Å². The van der Waals surface area contributed by atoms with Crippen molar-refractivity contribution in [3.05, 3.63) is 20.8 Å². The number of rotatable bonds is 5. The van der Waals surface area contributed by atoms with Crippen molar-refractivity contribution >= 4 is 27.3 Å². The van der Waals surface area contributed by atoms with Crippen LogP contribution in [0.2, 0.25) is 0 Å². The highest BCUT2D eigenvalue weighted by atomic mass is 79.9. The van der Waals surface area contributed by atoms with Crippen LogP contribution in [0.3, 0.4) is 0 Å². The van der Waals surface area contributed by atoms with Gasteiger partial charge in [-0.1, -0.05) is 19.8 Å². The Balaban J connectivity index is 2.10. The summed E-state index contributed by atoms with van der Waals surface area (Å²) in [5, 5.41) is 0. The first-order valence-electron chi connectivity index (χ1n) is 6.40. The molecule has 1 aromatic heterocycles. The molecule has 0 aromatic carbocycles. The van der Waals surface area contributed by atoms with Gasteiger partial charge in [-0.05, 0) is 59.2 Å². The lowest BCUT2D eigenvalue weighted by atomic mass is 9.75. The van der Waals surface area contributed by atoms with Crippen molar-refractivity contribution in [2.24, 2.45) is 11.3 Å². The molecule has 0 radical (unpaired) electrons. The molecule has 1 unspecified atom stereocenters. The molecule has 1 heterocycles. The lowest BCUT2D eigenvalue weighted by Crippen LogP contribution is -2.48. The zero-order chi connectivity index (χ0) is 12.3. The van der Waals surface area contributed by atoms with E-state index in [9.17, 15) is 0 Å². The maximum Gasteiger partial charge on any atom is 0.0701 e. The Hall–Kier alpha value is 0.1000. The second-order valence-corrected chi connectivity index (χ2v) is 7.60.